The molecule has 5 heteroatoms. The summed E-state index contributed by atoms with van der Waals surface area (Å²) in [4.78, 5) is 33.7. The lowest BCUT2D eigenvalue weighted by atomic mass is 9.92. The Kier molecular flexibility index (Phi) is 4.70. The molecule has 0 aromatic heterocycles. The molecular formula is C22H24N2O3. The van der Waals surface area contributed by atoms with E-state index in [2.05, 4.69) is 6.92 Å². The van der Waals surface area contributed by atoms with E-state index >= 15 is 0 Å². The molecule has 2 aliphatic heterocycles. The minimum atomic E-state index is -0.750. The van der Waals surface area contributed by atoms with Gasteiger partial charge in [-0.2, -0.15) is 0 Å². The number of hydroxylamine groups is 1. The number of amides is 2. The maximum atomic E-state index is 13.3. The summed E-state index contributed by atoms with van der Waals surface area (Å²) in [6.45, 7) is 4.08. The zero-order valence-electron chi connectivity index (χ0n) is 15.7. The number of hydrogen-bond donors (Lipinski definition) is 0. The second kappa shape index (κ2) is 7.16. The monoisotopic (exact) mass is 364 g/mol. The van der Waals surface area contributed by atoms with Crippen LogP contribution in [0.5, 0.6) is 0 Å². The van der Waals surface area contributed by atoms with Crippen molar-refractivity contribution in [3.8, 4) is 0 Å². The smallest absolute Gasteiger partial charge is 0.266 e. The second-order valence-corrected chi connectivity index (χ2v) is 7.27. The number of benzene rings is 2. The number of carbonyl (C=O) groups excluding carboxylic acids is 2. The molecule has 2 fully saturated rings. The van der Waals surface area contributed by atoms with Crippen LogP contribution in [0.3, 0.4) is 0 Å². The molecule has 3 atom stereocenters. The molecule has 0 bridgehead atoms. The highest BCUT2D eigenvalue weighted by Gasteiger charge is 2.59. The lowest BCUT2D eigenvalue weighted by Crippen LogP contribution is -2.40. The molecule has 0 radical (unpaired) electrons. The average Bonchev–Trinajstić information content (AvgIpc) is 3.17. The number of unbranched alkanes of at least 4 members (excludes halogenated alkanes) is 1. The Bertz CT molecular complexity index is 852. The van der Waals surface area contributed by atoms with E-state index in [0.29, 0.717) is 5.69 Å². The van der Waals surface area contributed by atoms with Gasteiger partial charge < -0.3 is 0 Å². The molecule has 0 saturated carbocycles. The maximum absolute atomic E-state index is 13.3. The number of fused-ring (bicyclic) bond motifs is 1. The largest absolute Gasteiger partial charge is 0.273 e. The van der Waals surface area contributed by atoms with E-state index in [9.17, 15) is 9.59 Å². The van der Waals surface area contributed by atoms with Crippen molar-refractivity contribution < 1.29 is 14.4 Å². The van der Waals surface area contributed by atoms with Crippen LogP contribution in [-0.2, 0) is 14.4 Å². The molecule has 0 aliphatic carbocycles. The molecule has 2 heterocycles. The predicted octanol–water partition coefficient (Wildman–Crippen LogP) is 3.86. The van der Waals surface area contributed by atoms with Gasteiger partial charge in [0.05, 0.1) is 23.3 Å². The Hall–Kier alpha value is -2.66. The fourth-order valence-corrected chi connectivity index (χ4v) is 4.05. The first-order valence-corrected chi connectivity index (χ1v) is 9.57. The van der Waals surface area contributed by atoms with E-state index in [1.165, 1.54) is 4.90 Å². The van der Waals surface area contributed by atoms with Crippen molar-refractivity contribution in [3.63, 3.8) is 0 Å². The summed E-state index contributed by atoms with van der Waals surface area (Å²) in [7, 11) is 0. The summed E-state index contributed by atoms with van der Waals surface area (Å²) >= 11 is 0. The van der Waals surface area contributed by atoms with Crippen LogP contribution in [0, 0.1) is 12.8 Å². The predicted molar refractivity (Wildman–Crippen MR) is 104 cm³/mol. The first-order chi connectivity index (χ1) is 13.1. The minimum Gasteiger partial charge on any atom is -0.273 e. The zero-order chi connectivity index (χ0) is 19.0. The van der Waals surface area contributed by atoms with Gasteiger partial charge in [0.15, 0.2) is 6.10 Å². The summed E-state index contributed by atoms with van der Waals surface area (Å²) in [6.07, 6.45) is 2.07. The summed E-state index contributed by atoms with van der Waals surface area (Å²) in [5.74, 6) is -0.893. The van der Waals surface area contributed by atoms with Crippen LogP contribution in [-0.4, -0.2) is 24.0 Å². The van der Waals surface area contributed by atoms with Gasteiger partial charge in [-0.25, -0.2) is 9.96 Å². The van der Waals surface area contributed by atoms with E-state index in [4.69, 9.17) is 4.84 Å². The van der Waals surface area contributed by atoms with Gasteiger partial charge >= 0.3 is 0 Å². The lowest BCUT2D eigenvalue weighted by Gasteiger charge is -2.28. The maximum Gasteiger partial charge on any atom is 0.266 e. The molecule has 2 amide bonds. The Morgan fingerprint density at radius 3 is 2.41 bits per heavy atom. The number of hydrogen-bond acceptors (Lipinski definition) is 4. The van der Waals surface area contributed by atoms with Crippen molar-refractivity contribution in [1.29, 1.82) is 0 Å². The molecule has 5 nitrogen and oxygen atoms in total. The van der Waals surface area contributed by atoms with Crippen LogP contribution in [0.25, 0.3) is 0 Å². The second-order valence-electron chi connectivity index (χ2n) is 7.27. The highest BCUT2D eigenvalue weighted by molar-refractivity contribution is 6.23. The summed E-state index contributed by atoms with van der Waals surface area (Å²) in [6, 6.07) is 17.1. The van der Waals surface area contributed by atoms with E-state index < -0.39 is 12.0 Å². The summed E-state index contributed by atoms with van der Waals surface area (Å²) in [5.41, 5.74) is 2.53. The Balaban J connectivity index is 1.68. The van der Waals surface area contributed by atoms with Crippen LogP contribution in [0.4, 0.5) is 11.4 Å². The van der Waals surface area contributed by atoms with E-state index in [-0.39, 0.29) is 17.9 Å². The standard InChI is InChI=1S/C22H24N2O3/c1-3-4-13-18-19-20(27-24(18)16-10-6-5-7-11-16)22(26)23(21(19)25)17-12-8-9-15(2)14-17/h5-12,14,18-20H,3-4,13H2,1-2H3/t18-,19-,20-/m1/s1. The van der Waals surface area contributed by atoms with Crippen LogP contribution >= 0.6 is 0 Å². The van der Waals surface area contributed by atoms with E-state index in [1.807, 2.05) is 55.5 Å². The number of imide groups is 1. The van der Waals surface area contributed by atoms with Crippen molar-refractivity contribution in [3.05, 3.63) is 60.2 Å². The van der Waals surface area contributed by atoms with Gasteiger partial charge in [0, 0.05) is 0 Å². The van der Waals surface area contributed by atoms with Gasteiger partial charge in [-0.3, -0.25) is 14.4 Å². The molecule has 0 unspecified atom stereocenters. The SMILES string of the molecule is CCCC[C@@H]1[C@H]2C(=O)N(c3cccc(C)c3)C(=O)[C@@H]2ON1c1ccccc1. The lowest BCUT2D eigenvalue weighted by molar-refractivity contribution is -0.126. The quantitative estimate of drug-likeness (QED) is 0.756. The molecule has 2 aliphatic rings. The fraction of sp³-hybridized carbons (Fsp3) is 0.364. The highest BCUT2D eigenvalue weighted by atomic mass is 16.7. The van der Waals surface area contributed by atoms with Crippen molar-refractivity contribution in [1.82, 2.24) is 0 Å². The average molecular weight is 364 g/mol. The normalized spacial score (nSPS) is 24.6. The van der Waals surface area contributed by atoms with E-state index in [1.54, 1.807) is 11.1 Å². The molecular weight excluding hydrogens is 340 g/mol. The summed E-state index contributed by atoms with van der Waals surface area (Å²) in [5, 5.41) is 1.79. The van der Waals surface area contributed by atoms with Crippen LogP contribution in [0.15, 0.2) is 54.6 Å². The third-order valence-electron chi connectivity index (χ3n) is 5.36. The third kappa shape index (κ3) is 3.02. The molecule has 4 rings (SSSR count). The Morgan fingerprint density at radius 2 is 1.70 bits per heavy atom. The Labute approximate surface area is 159 Å². The number of nitrogens with zero attached hydrogens (tertiary/aromatic N) is 2. The van der Waals surface area contributed by atoms with Gasteiger partial charge in [0.1, 0.15) is 0 Å². The van der Waals surface area contributed by atoms with Gasteiger partial charge in [0.25, 0.3) is 5.91 Å². The number of carbonyl (C=O) groups is 2. The number of anilines is 2. The van der Waals surface area contributed by atoms with Crippen LogP contribution in [0.1, 0.15) is 31.7 Å². The minimum absolute atomic E-state index is 0.136. The topological polar surface area (TPSA) is 49.9 Å². The first-order valence-electron chi connectivity index (χ1n) is 9.57. The number of aryl methyl sites for hydroxylation is 1. The van der Waals surface area contributed by atoms with Gasteiger partial charge in [-0.15, -0.1) is 0 Å². The first kappa shape index (κ1) is 17.7. The van der Waals surface area contributed by atoms with Crippen molar-refractivity contribution in [2.24, 2.45) is 5.92 Å². The molecule has 140 valence electrons. The zero-order valence-corrected chi connectivity index (χ0v) is 15.7. The molecule has 0 N–H and O–H groups in total. The number of rotatable bonds is 5. The van der Waals surface area contributed by atoms with Crippen molar-refractivity contribution >= 4 is 23.2 Å². The molecule has 2 aromatic rings. The van der Waals surface area contributed by atoms with Crippen LogP contribution in [0.2, 0.25) is 0 Å². The third-order valence-corrected chi connectivity index (χ3v) is 5.36. The number of para-hydroxylation sites is 1. The van der Waals surface area contributed by atoms with Gasteiger partial charge in [-0.05, 0) is 43.2 Å². The molecule has 2 aromatic carbocycles. The highest BCUT2D eigenvalue weighted by Crippen LogP contribution is 2.41. The van der Waals surface area contributed by atoms with E-state index in [0.717, 1.165) is 30.5 Å². The molecule has 0 spiro atoms. The van der Waals surface area contributed by atoms with Crippen molar-refractivity contribution in [2.45, 2.75) is 45.3 Å². The Morgan fingerprint density at radius 1 is 0.963 bits per heavy atom. The summed E-state index contributed by atoms with van der Waals surface area (Å²) < 4.78 is 0. The van der Waals surface area contributed by atoms with Crippen LogP contribution < -0.4 is 9.96 Å². The fourth-order valence-electron chi connectivity index (χ4n) is 4.05. The molecule has 2 saturated heterocycles. The molecule has 27 heavy (non-hydrogen) atoms. The van der Waals surface area contributed by atoms with Gasteiger partial charge in [-0.1, -0.05) is 50.1 Å². The van der Waals surface area contributed by atoms with Crippen molar-refractivity contribution in [2.75, 3.05) is 9.96 Å². The van der Waals surface area contributed by atoms with Gasteiger partial charge in [0.2, 0.25) is 5.91 Å².